The third-order valence-corrected chi connectivity index (χ3v) is 4.47. The number of halogens is 4. The number of hydrogen-bond donors (Lipinski definition) is 1. The molecule has 1 fully saturated rings. The lowest BCUT2D eigenvalue weighted by molar-refractivity contribution is -0.137. The molecule has 0 aliphatic heterocycles. The van der Waals surface area contributed by atoms with Crippen molar-refractivity contribution in [3.63, 3.8) is 0 Å². The molecule has 2 unspecified atom stereocenters. The summed E-state index contributed by atoms with van der Waals surface area (Å²) in [5, 5.41) is 3.45. The molecule has 1 aliphatic rings. The highest BCUT2D eigenvalue weighted by Crippen LogP contribution is 2.48. The molecular weight excluding hydrogens is 339 g/mol. The molecule has 0 radical (unpaired) electrons. The summed E-state index contributed by atoms with van der Waals surface area (Å²) >= 11 is 5.88. The average Bonchev–Trinajstić information content (AvgIpc) is 3.30. The molecule has 0 spiro atoms. The summed E-state index contributed by atoms with van der Waals surface area (Å²) in [5.74, 6) is -0.359. The van der Waals surface area contributed by atoms with Gasteiger partial charge in [0.1, 0.15) is 0 Å². The van der Waals surface area contributed by atoms with Gasteiger partial charge in [-0.15, -0.1) is 0 Å². The molecule has 0 heterocycles. The van der Waals surface area contributed by atoms with E-state index in [0.717, 1.165) is 23.3 Å². The van der Waals surface area contributed by atoms with E-state index in [0.29, 0.717) is 17.1 Å². The second-order valence-corrected chi connectivity index (χ2v) is 6.45. The Kier molecular flexibility index (Phi) is 4.30. The minimum Gasteiger partial charge on any atom is -0.326 e. The number of hydrogen-bond acceptors (Lipinski definition) is 1. The van der Waals surface area contributed by atoms with Crippen molar-refractivity contribution in [2.45, 2.75) is 25.4 Å². The van der Waals surface area contributed by atoms with E-state index in [-0.39, 0.29) is 17.7 Å². The molecule has 1 amide bonds. The molecule has 0 aromatic heterocycles. The van der Waals surface area contributed by atoms with Crippen LogP contribution >= 0.6 is 11.6 Å². The number of nitrogens with one attached hydrogen (secondary N) is 1. The van der Waals surface area contributed by atoms with Crippen LogP contribution in [-0.4, -0.2) is 5.91 Å². The smallest absolute Gasteiger partial charge is 0.326 e. The number of benzene rings is 2. The molecular formula is C18H15ClF3NO. The van der Waals surface area contributed by atoms with E-state index < -0.39 is 11.7 Å². The maximum atomic E-state index is 12.6. The van der Waals surface area contributed by atoms with Gasteiger partial charge in [0, 0.05) is 16.6 Å². The predicted molar refractivity (Wildman–Crippen MR) is 87.1 cm³/mol. The van der Waals surface area contributed by atoms with Crippen LogP contribution in [0.2, 0.25) is 5.02 Å². The molecule has 0 bridgehead atoms. The van der Waals surface area contributed by atoms with Crippen molar-refractivity contribution < 1.29 is 18.0 Å². The van der Waals surface area contributed by atoms with Gasteiger partial charge in [0.25, 0.3) is 0 Å². The summed E-state index contributed by atoms with van der Waals surface area (Å²) in [4.78, 5) is 12.3. The Morgan fingerprint density at radius 2 is 1.83 bits per heavy atom. The minimum absolute atomic E-state index is 0.0279. The Bertz CT molecular complexity index is 771. The molecule has 1 N–H and O–H groups in total. The van der Waals surface area contributed by atoms with E-state index in [9.17, 15) is 18.0 Å². The second-order valence-electron chi connectivity index (χ2n) is 6.02. The summed E-state index contributed by atoms with van der Waals surface area (Å²) in [6, 6.07) is 10.2. The molecule has 6 heteroatoms. The van der Waals surface area contributed by atoms with Gasteiger partial charge in [0.2, 0.25) is 5.91 Å². The second kappa shape index (κ2) is 6.13. The Morgan fingerprint density at radius 1 is 1.17 bits per heavy atom. The van der Waals surface area contributed by atoms with Gasteiger partial charge in [0.05, 0.1) is 5.56 Å². The van der Waals surface area contributed by atoms with Crippen LogP contribution in [0, 0.1) is 12.8 Å². The number of rotatable bonds is 3. The lowest BCUT2D eigenvalue weighted by Gasteiger charge is -2.09. The predicted octanol–water partition coefficient (Wildman–Crippen LogP) is 5.41. The summed E-state index contributed by atoms with van der Waals surface area (Å²) in [6.45, 7) is 1.85. The zero-order valence-electron chi connectivity index (χ0n) is 12.8. The Balaban J connectivity index is 1.65. The Hall–Kier alpha value is -2.01. The molecule has 126 valence electrons. The lowest BCUT2D eigenvalue weighted by Crippen LogP contribution is -2.15. The van der Waals surface area contributed by atoms with E-state index in [1.54, 1.807) is 18.2 Å². The van der Waals surface area contributed by atoms with Crippen molar-refractivity contribution in [1.82, 2.24) is 0 Å². The third kappa shape index (κ3) is 3.56. The van der Waals surface area contributed by atoms with Gasteiger partial charge in [-0.05, 0) is 60.7 Å². The zero-order valence-corrected chi connectivity index (χ0v) is 13.6. The highest BCUT2D eigenvalue weighted by Gasteiger charge is 2.44. The van der Waals surface area contributed by atoms with Crippen molar-refractivity contribution in [3.8, 4) is 0 Å². The lowest BCUT2D eigenvalue weighted by atomic mass is 10.1. The number of carbonyl (C=O) groups is 1. The molecule has 1 saturated carbocycles. The summed E-state index contributed by atoms with van der Waals surface area (Å²) in [6.07, 6.45) is -3.70. The standard InChI is InChI=1S/C18H15ClF3NO/c1-10-8-13(19)6-7-16(10)23-17(24)15-9-14(15)11-2-4-12(5-3-11)18(20,21)22/h2-8,14-15H,9H2,1H3,(H,23,24). The molecule has 2 atom stereocenters. The first-order chi connectivity index (χ1) is 11.3. The van der Waals surface area contributed by atoms with E-state index in [2.05, 4.69) is 5.32 Å². The van der Waals surface area contributed by atoms with Gasteiger partial charge < -0.3 is 5.32 Å². The molecule has 2 nitrogen and oxygen atoms in total. The average molecular weight is 354 g/mol. The van der Waals surface area contributed by atoms with Gasteiger partial charge >= 0.3 is 6.18 Å². The van der Waals surface area contributed by atoms with Crippen molar-refractivity contribution in [2.75, 3.05) is 5.32 Å². The fourth-order valence-corrected chi connectivity index (χ4v) is 2.99. The minimum atomic E-state index is -4.34. The van der Waals surface area contributed by atoms with Crippen LogP contribution in [0.4, 0.5) is 18.9 Å². The quantitative estimate of drug-likeness (QED) is 0.785. The van der Waals surface area contributed by atoms with Crippen LogP contribution < -0.4 is 5.32 Å². The van der Waals surface area contributed by atoms with Crippen LogP contribution in [0.3, 0.4) is 0 Å². The van der Waals surface area contributed by atoms with E-state index in [4.69, 9.17) is 11.6 Å². The normalized spacial score (nSPS) is 19.9. The van der Waals surface area contributed by atoms with Gasteiger partial charge in [-0.25, -0.2) is 0 Å². The highest BCUT2D eigenvalue weighted by molar-refractivity contribution is 6.30. The zero-order chi connectivity index (χ0) is 17.5. The van der Waals surface area contributed by atoms with Crippen molar-refractivity contribution in [3.05, 3.63) is 64.2 Å². The molecule has 0 saturated heterocycles. The van der Waals surface area contributed by atoms with Crippen LogP contribution in [-0.2, 0) is 11.0 Å². The first kappa shape index (κ1) is 16.8. The third-order valence-electron chi connectivity index (χ3n) is 4.24. The molecule has 1 aliphatic carbocycles. The number of amides is 1. The molecule has 3 rings (SSSR count). The number of alkyl halides is 3. The number of carbonyl (C=O) groups excluding carboxylic acids is 1. The Labute approximate surface area is 142 Å². The Morgan fingerprint density at radius 3 is 2.42 bits per heavy atom. The maximum Gasteiger partial charge on any atom is 0.416 e. The van der Waals surface area contributed by atoms with Gasteiger partial charge in [-0.3, -0.25) is 4.79 Å². The van der Waals surface area contributed by atoms with Crippen LogP contribution in [0.25, 0.3) is 0 Å². The maximum absolute atomic E-state index is 12.6. The molecule has 2 aromatic rings. The van der Waals surface area contributed by atoms with E-state index >= 15 is 0 Å². The monoisotopic (exact) mass is 353 g/mol. The SMILES string of the molecule is Cc1cc(Cl)ccc1NC(=O)C1CC1c1ccc(C(F)(F)F)cc1. The largest absolute Gasteiger partial charge is 0.416 e. The van der Waals surface area contributed by atoms with Crippen LogP contribution in [0.15, 0.2) is 42.5 Å². The van der Waals surface area contributed by atoms with E-state index in [1.165, 1.54) is 12.1 Å². The molecule has 24 heavy (non-hydrogen) atoms. The van der Waals surface area contributed by atoms with Crippen molar-refractivity contribution in [2.24, 2.45) is 5.92 Å². The summed E-state index contributed by atoms with van der Waals surface area (Å²) < 4.78 is 37.7. The van der Waals surface area contributed by atoms with E-state index in [1.807, 2.05) is 6.92 Å². The highest BCUT2D eigenvalue weighted by atomic mass is 35.5. The first-order valence-corrected chi connectivity index (χ1v) is 7.87. The number of aryl methyl sites for hydroxylation is 1. The van der Waals surface area contributed by atoms with Crippen molar-refractivity contribution >= 4 is 23.2 Å². The topological polar surface area (TPSA) is 29.1 Å². The summed E-state index contributed by atoms with van der Waals surface area (Å²) in [7, 11) is 0. The fourth-order valence-electron chi connectivity index (χ4n) is 2.77. The number of anilines is 1. The fraction of sp³-hybridized carbons (Fsp3) is 0.278. The molecule has 2 aromatic carbocycles. The van der Waals surface area contributed by atoms with Crippen LogP contribution in [0.1, 0.15) is 29.0 Å². The van der Waals surface area contributed by atoms with Gasteiger partial charge in [-0.2, -0.15) is 13.2 Å². The van der Waals surface area contributed by atoms with Gasteiger partial charge in [0.15, 0.2) is 0 Å². The van der Waals surface area contributed by atoms with Crippen LogP contribution in [0.5, 0.6) is 0 Å². The summed E-state index contributed by atoms with van der Waals surface area (Å²) in [5.41, 5.74) is 1.64. The first-order valence-electron chi connectivity index (χ1n) is 7.50. The van der Waals surface area contributed by atoms with Gasteiger partial charge in [-0.1, -0.05) is 23.7 Å². The van der Waals surface area contributed by atoms with Crippen molar-refractivity contribution in [1.29, 1.82) is 0 Å².